The molecule has 0 aliphatic heterocycles. The highest BCUT2D eigenvalue weighted by Gasteiger charge is 2.03. The Balaban J connectivity index is 1.94. The number of hydrogen-bond donors (Lipinski definition) is 1. The molecular weight excluding hydrogens is 238 g/mol. The summed E-state index contributed by atoms with van der Waals surface area (Å²) in [7, 11) is 0. The number of nitrogens with two attached hydrogens (primary N) is 1. The van der Waals surface area contributed by atoms with E-state index in [0.29, 0.717) is 0 Å². The second-order valence-electron chi connectivity index (χ2n) is 3.36. The van der Waals surface area contributed by atoms with Crippen LogP contribution in [0.5, 0.6) is 0 Å². The van der Waals surface area contributed by atoms with Gasteiger partial charge in [0.2, 0.25) is 0 Å². The molecule has 2 N–H and O–H groups in total. The quantitative estimate of drug-likeness (QED) is 0.670. The maximum absolute atomic E-state index is 5.63. The number of nitrogens with zero attached hydrogens (tertiary/aromatic N) is 2. The number of thioether (sulfide) groups is 1. The minimum Gasteiger partial charge on any atom is -0.399 e. The molecule has 0 amide bonds. The van der Waals surface area contributed by atoms with Crippen LogP contribution in [0.3, 0.4) is 0 Å². The van der Waals surface area contributed by atoms with Crippen LogP contribution in [0.25, 0.3) is 0 Å². The van der Waals surface area contributed by atoms with Crippen molar-refractivity contribution < 1.29 is 0 Å². The summed E-state index contributed by atoms with van der Waals surface area (Å²) < 4.78 is 5.29. The maximum atomic E-state index is 5.63. The summed E-state index contributed by atoms with van der Waals surface area (Å²) in [5.41, 5.74) is 7.69. The van der Waals surface area contributed by atoms with Gasteiger partial charge in [0, 0.05) is 17.9 Å². The van der Waals surface area contributed by atoms with Gasteiger partial charge in [-0.15, -0.1) is 0 Å². The van der Waals surface area contributed by atoms with Crippen molar-refractivity contribution in [3.05, 3.63) is 35.7 Å². The molecule has 2 aromatic rings. The van der Waals surface area contributed by atoms with Crippen LogP contribution < -0.4 is 5.73 Å². The van der Waals surface area contributed by atoms with Crippen LogP contribution in [0.4, 0.5) is 5.69 Å². The van der Waals surface area contributed by atoms with Crippen molar-refractivity contribution in [3.8, 4) is 0 Å². The summed E-state index contributed by atoms with van der Waals surface area (Å²) in [4.78, 5) is 4.41. The van der Waals surface area contributed by atoms with E-state index in [1.807, 2.05) is 24.3 Å². The van der Waals surface area contributed by atoms with Crippen LogP contribution in [0.1, 0.15) is 18.3 Å². The average Bonchev–Trinajstić information content (AvgIpc) is 2.76. The highest BCUT2D eigenvalue weighted by atomic mass is 32.2. The minimum absolute atomic E-state index is 0.804. The van der Waals surface area contributed by atoms with Crippen molar-refractivity contribution >= 4 is 29.0 Å². The first-order chi connectivity index (χ1) is 7.78. The van der Waals surface area contributed by atoms with Crippen LogP contribution in [0, 0.1) is 0 Å². The fourth-order valence-corrected chi connectivity index (χ4v) is 2.85. The summed E-state index contributed by atoms with van der Waals surface area (Å²) in [5.74, 6) is 1.85. The van der Waals surface area contributed by atoms with Crippen LogP contribution in [0.2, 0.25) is 0 Å². The molecule has 16 heavy (non-hydrogen) atoms. The van der Waals surface area contributed by atoms with E-state index < -0.39 is 0 Å². The van der Waals surface area contributed by atoms with Gasteiger partial charge >= 0.3 is 0 Å². The molecule has 0 radical (unpaired) electrons. The van der Waals surface area contributed by atoms with Crippen molar-refractivity contribution in [2.24, 2.45) is 0 Å². The number of hydrogen-bond acceptors (Lipinski definition) is 5. The van der Waals surface area contributed by atoms with E-state index in [1.165, 1.54) is 17.1 Å². The van der Waals surface area contributed by atoms with Gasteiger partial charge in [0.25, 0.3) is 0 Å². The van der Waals surface area contributed by atoms with E-state index in [0.717, 1.165) is 28.0 Å². The minimum atomic E-state index is 0.804. The van der Waals surface area contributed by atoms with Gasteiger partial charge in [-0.1, -0.05) is 30.8 Å². The lowest BCUT2D eigenvalue weighted by Gasteiger charge is -1.99. The Labute approximate surface area is 103 Å². The third-order valence-corrected chi connectivity index (χ3v) is 4.05. The SMILES string of the molecule is CCc1nsc(SCc2ccc(N)cc2)n1. The molecule has 0 fully saturated rings. The van der Waals surface area contributed by atoms with Gasteiger partial charge in [0.05, 0.1) is 0 Å². The molecule has 2 rings (SSSR count). The second-order valence-corrected chi connectivity index (χ2v) is 5.33. The van der Waals surface area contributed by atoms with E-state index >= 15 is 0 Å². The summed E-state index contributed by atoms with van der Waals surface area (Å²) in [6.45, 7) is 2.07. The molecule has 5 heteroatoms. The van der Waals surface area contributed by atoms with Gasteiger partial charge in [-0.3, -0.25) is 0 Å². The van der Waals surface area contributed by atoms with Crippen LogP contribution >= 0.6 is 23.3 Å². The first-order valence-corrected chi connectivity index (χ1v) is 6.83. The topological polar surface area (TPSA) is 51.8 Å². The lowest BCUT2D eigenvalue weighted by molar-refractivity contribution is 0.971. The van der Waals surface area contributed by atoms with Crippen molar-refractivity contribution in [1.29, 1.82) is 0 Å². The van der Waals surface area contributed by atoms with Crippen molar-refractivity contribution in [3.63, 3.8) is 0 Å². The van der Waals surface area contributed by atoms with E-state index in [9.17, 15) is 0 Å². The molecule has 84 valence electrons. The Kier molecular flexibility index (Phi) is 3.79. The Morgan fingerprint density at radius 3 is 2.69 bits per heavy atom. The maximum Gasteiger partial charge on any atom is 0.170 e. The van der Waals surface area contributed by atoms with Gasteiger partial charge in [0.1, 0.15) is 5.82 Å². The molecule has 0 saturated heterocycles. The van der Waals surface area contributed by atoms with E-state index in [1.54, 1.807) is 11.8 Å². The van der Waals surface area contributed by atoms with Crippen molar-refractivity contribution in [2.75, 3.05) is 5.73 Å². The summed E-state index contributed by atoms with van der Waals surface area (Å²) in [6.07, 6.45) is 0.902. The molecule has 0 atom stereocenters. The molecule has 0 spiro atoms. The Morgan fingerprint density at radius 1 is 1.31 bits per heavy atom. The first-order valence-electron chi connectivity index (χ1n) is 5.07. The average molecular weight is 251 g/mol. The fourth-order valence-electron chi connectivity index (χ4n) is 1.20. The predicted molar refractivity (Wildman–Crippen MR) is 69.7 cm³/mol. The third-order valence-electron chi connectivity index (χ3n) is 2.11. The second kappa shape index (κ2) is 5.32. The number of aryl methyl sites for hydroxylation is 1. The summed E-state index contributed by atoms with van der Waals surface area (Å²) >= 11 is 3.19. The molecule has 0 bridgehead atoms. The van der Waals surface area contributed by atoms with Gasteiger partial charge in [0.15, 0.2) is 4.34 Å². The zero-order valence-corrected chi connectivity index (χ0v) is 10.6. The molecule has 0 aliphatic rings. The van der Waals surface area contributed by atoms with Gasteiger partial charge in [-0.05, 0) is 29.2 Å². The molecule has 0 saturated carbocycles. The molecule has 1 aromatic carbocycles. The zero-order valence-electron chi connectivity index (χ0n) is 9.01. The van der Waals surface area contributed by atoms with Gasteiger partial charge < -0.3 is 5.73 Å². The Hall–Kier alpha value is -1.07. The third kappa shape index (κ3) is 2.96. The Bertz CT molecular complexity index is 451. The molecule has 3 nitrogen and oxygen atoms in total. The predicted octanol–water partition coefficient (Wildman–Crippen LogP) is 2.98. The highest BCUT2D eigenvalue weighted by Crippen LogP contribution is 2.24. The van der Waals surface area contributed by atoms with Crippen LogP contribution in [-0.4, -0.2) is 9.36 Å². The van der Waals surface area contributed by atoms with Gasteiger partial charge in [-0.2, -0.15) is 4.37 Å². The lowest BCUT2D eigenvalue weighted by atomic mass is 10.2. The number of rotatable bonds is 4. The zero-order chi connectivity index (χ0) is 11.4. The molecule has 1 aromatic heterocycles. The van der Waals surface area contributed by atoms with Crippen molar-refractivity contribution in [2.45, 2.75) is 23.4 Å². The highest BCUT2D eigenvalue weighted by molar-refractivity contribution is 8.00. The largest absolute Gasteiger partial charge is 0.399 e. The van der Waals surface area contributed by atoms with E-state index in [4.69, 9.17) is 5.73 Å². The van der Waals surface area contributed by atoms with E-state index in [2.05, 4.69) is 16.3 Å². The lowest BCUT2D eigenvalue weighted by Crippen LogP contribution is -1.85. The summed E-state index contributed by atoms with van der Waals surface area (Å²) in [6, 6.07) is 7.94. The number of nitrogen functional groups attached to an aromatic ring is 1. The number of anilines is 1. The molecular formula is C11H13N3S2. The fraction of sp³-hybridized carbons (Fsp3) is 0.273. The molecule has 0 unspecified atom stereocenters. The Morgan fingerprint density at radius 2 is 2.06 bits per heavy atom. The standard InChI is InChI=1S/C11H13N3S2/c1-2-10-13-11(16-14-10)15-7-8-3-5-9(12)6-4-8/h3-6H,2,7,12H2,1H3. The van der Waals surface area contributed by atoms with Crippen LogP contribution in [0.15, 0.2) is 28.6 Å². The number of benzene rings is 1. The first kappa shape index (κ1) is 11.4. The molecule has 0 aliphatic carbocycles. The monoisotopic (exact) mass is 251 g/mol. The van der Waals surface area contributed by atoms with Crippen LogP contribution in [-0.2, 0) is 12.2 Å². The molecule has 1 heterocycles. The number of aromatic nitrogens is 2. The van der Waals surface area contributed by atoms with Gasteiger partial charge in [-0.25, -0.2) is 4.98 Å². The summed E-state index contributed by atoms with van der Waals surface area (Å²) in [5, 5.41) is 0. The normalized spacial score (nSPS) is 10.6. The van der Waals surface area contributed by atoms with Crippen molar-refractivity contribution in [1.82, 2.24) is 9.36 Å². The smallest absolute Gasteiger partial charge is 0.170 e. The van der Waals surface area contributed by atoms with E-state index in [-0.39, 0.29) is 0 Å².